The summed E-state index contributed by atoms with van der Waals surface area (Å²) in [5, 5.41) is 5.33. The Hall–Kier alpha value is -3.08. The van der Waals surface area contributed by atoms with Crippen LogP contribution in [0.1, 0.15) is 38.0 Å². The predicted molar refractivity (Wildman–Crippen MR) is 112 cm³/mol. The number of carbonyl (C=O) groups excluding carboxylic acids is 1. The minimum Gasteiger partial charge on any atom is -0.463 e. The minimum atomic E-state index is -0.428. The van der Waals surface area contributed by atoms with Crippen LogP contribution in [0.5, 0.6) is 0 Å². The zero-order valence-electron chi connectivity index (χ0n) is 16.8. The van der Waals surface area contributed by atoms with Crippen LogP contribution >= 0.6 is 0 Å². The lowest BCUT2D eigenvalue weighted by atomic mass is 9.58. The van der Waals surface area contributed by atoms with Crippen molar-refractivity contribution in [2.75, 3.05) is 13.2 Å². The number of para-hydroxylation sites is 1. The zero-order chi connectivity index (χ0) is 20.3. The monoisotopic (exact) mass is 391 g/mol. The van der Waals surface area contributed by atoms with Crippen LogP contribution in [0.4, 0.5) is 0 Å². The molecule has 5 nitrogen and oxygen atoms in total. The Labute approximate surface area is 170 Å². The van der Waals surface area contributed by atoms with E-state index in [1.165, 1.54) is 5.56 Å². The van der Waals surface area contributed by atoms with E-state index in [1.807, 2.05) is 36.4 Å². The molecule has 1 saturated carbocycles. The van der Waals surface area contributed by atoms with Crippen molar-refractivity contribution in [3.8, 4) is 0 Å². The highest BCUT2D eigenvalue weighted by Gasteiger charge is 2.45. The molecule has 1 aliphatic carbocycles. The van der Waals surface area contributed by atoms with Gasteiger partial charge in [-0.3, -0.25) is 0 Å². The van der Waals surface area contributed by atoms with Gasteiger partial charge in [-0.2, -0.15) is 0 Å². The summed E-state index contributed by atoms with van der Waals surface area (Å²) in [6.07, 6.45) is 1.88. The second kappa shape index (κ2) is 8.11. The molecule has 5 heteroatoms. The molecule has 0 radical (unpaired) electrons. The molecule has 0 bridgehead atoms. The van der Waals surface area contributed by atoms with Crippen LogP contribution in [0.2, 0.25) is 0 Å². The number of carbonyl (C=O) groups is 1. The van der Waals surface area contributed by atoms with Gasteiger partial charge in [0.05, 0.1) is 6.61 Å². The van der Waals surface area contributed by atoms with E-state index in [2.05, 4.69) is 36.3 Å². The van der Waals surface area contributed by atoms with Gasteiger partial charge in [0, 0.05) is 11.3 Å². The molecular formula is C24H25NO4. The molecule has 1 aliphatic rings. The van der Waals surface area contributed by atoms with E-state index in [9.17, 15) is 4.79 Å². The first-order chi connectivity index (χ1) is 14.1. The third-order valence-electron chi connectivity index (χ3n) is 5.58. The van der Waals surface area contributed by atoms with Crippen molar-refractivity contribution in [2.24, 2.45) is 11.1 Å². The summed E-state index contributed by atoms with van der Waals surface area (Å²) in [7, 11) is 0. The lowest BCUT2D eigenvalue weighted by Crippen LogP contribution is -2.42. The smallest absolute Gasteiger partial charge is 0.347 e. The summed E-state index contributed by atoms with van der Waals surface area (Å²) in [4.78, 5) is 16.9. The Morgan fingerprint density at radius 3 is 2.59 bits per heavy atom. The molecule has 150 valence electrons. The fraction of sp³-hybridized carbons (Fsp3) is 0.333. The van der Waals surface area contributed by atoms with E-state index in [1.54, 1.807) is 6.92 Å². The molecular weight excluding hydrogens is 366 g/mol. The summed E-state index contributed by atoms with van der Waals surface area (Å²) in [6.45, 7) is 4.15. The molecule has 0 unspecified atom stereocenters. The third kappa shape index (κ3) is 4.04. The number of hydrogen-bond donors (Lipinski definition) is 0. The van der Waals surface area contributed by atoms with Gasteiger partial charge in [0.15, 0.2) is 5.76 Å². The van der Waals surface area contributed by atoms with Crippen LogP contribution in [-0.2, 0) is 19.8 Å². The zero-order valence-corrected chi connectivity index (χ0v) is 16.8. The number of ether oxygens (including phenoxy) is 1. The lowest BCUT2D eigenvalue weighted by Gasteiger charge is -2.45. The lowest BCUT2D eigenvalue weighted by molar-refractivity contribution is -0.148. The van der Waals surface area contributed by atoms with Crippen LogP contribution in [0, 0.1) is 5.92 Å². The van der Waals surface area contributed by atoms with Crippen LogP contribution in [0.15, 0.2) is 70.2 Å². The number of benzene rings is 2. The fourth-order valence-corrected chi connectivity index (χ4v) is 4.08. The number of oxime groups is 1. The molecule has 2 aromatic carbocycles. The molecule has 1 aromatic heterocycles. The molecule has 0 atom stereocenters. The molecule has 29 heavy (non-hydrogen) atoms. The number of furan rings is 1. The molecule has 4 rings (SSSR count). The number of rotatable bonds is 7. The van der Waals surface area contributed by atoms with E-state index < -0.39 is 5.97 Å². The van der Waals surface area contributed by atoms with Gasteiger partial charge in [-0.1, -0.05) is 60.6 Å². The van der Waals surface area contributed by atoms with Crippen LogP contribution in [0.25, 0.3) is 11.0 Å². The Balaban J connectivity index is 1.56. The van der Waals surface area contributed by atoms with E-state index in [4.69, 9.17) is 14.0 Å². The van der Waals surface area contributed by atoms with Crippen molar-refractivity contribution in [2.45, 2.75) is 32.1 Å². The summed E-state index contributed by atoms with van der Waals surface area (Å²) < 4.78 is 11.0. The van der Waals surface area contributed by atoms with Crippen molar-refractivity contribution in [1.29, 1.82) is 0 Å². The largest absolute Gasteiger partial charge is 0.463 e. The average Bonchev–Trinajstić information content (AvgIpc) is 3.14. The van der Waals surface area contributed by atoms with E-state index in [0.717, 1.165) is 29.5 Å². The second-order valence-corrected chi connectivity index (χ2v) is 7.74. The normalized spacial score (nSPS) is 21.6. The maximum absolute atomic E-state index is 11.6. The highest BCUT2D eigenvalue weighted by atomic mass is 16.7. The number of esters is 1. The number of nitrogens with zero attached hydrogens (tertiary/aromatic N) is 1. The first-order valence-corrected chi connectivity index (χ1v) is 9.99. The standard InChI is InChI=1S/C24H25NO4/c1-3-27-22(26)16-28-25-23(21-13-17-9-7-8-12-20(17)29-21)18-14-24(2,15-18)19-10-5-4-6-11-19/h4-13,18H,3,14-16H2,1-2H3/b25-23-. The van der Waals surface area contributed by atoms with Gasteiger partial charge < -0.3 is 14.0 Å². The van der Waals surface area contributed by atoms with E-state index in [-0.39, 0.29) is 17.9 Å². The van der Waals surface area contributed by atoms with Crippen molar-refractivity contribution >= 4 is 22.7 Å². The Bertz CT molecular complexity index is 983. The molecule has 0 aliphatic heterocycles. The number of hydrogen-bond acceptors (Lipinski definition) is 5. The minimum absolute atomic E-state index is 0.0971. The van der Waals surface area contributed by atoms with Crippen LogP contribution < -0.4 is 0 Å². The average molecular weight is 391 g/mol. The van der Waals surface area contributed by atoms with Crippen molar-refractivity contribution in [3.05, 3.63) is 72.0 Å². The van der Waals surface area contributed by atoms with Gasteiger partial charge in [-0.25, -0.2) is 4.79 Å². The maximum Gasteiger partial charge on any atom is 0.347 e. The second-order valence-electron chi connectivity index (χ2n) is 7.74. The molecule has 0 N–H and O–H groups in total. The molecule has 0 amide bonds. The third-order valence-corrected chi connectivity index (χ3v) is 5.58. The Kier molecular flexibility index (Phi) is 5.38. The number of fused-ring (bicyclic) bond motifs is 1. The summed E-state index contributed by atoms with van der Waals surface area (Å²) in [6, 6.07) is 20.4. The Morgan fingerprint density at radius 2 is 1.86 bits per heavy atom. The molecule has 3 aromatic rings. The summed E-state index contributed by atoms with van der Waals surface area (Å²) >= 11 is 0. The van der Waals surface area contributed by atoms with Gasteiger partial charge in [0.2, 0.25) is 6.61 Å². The topological polar surface area (TPSA) is 61.0 Å². The quantitative estimate of drug-likeness (QED) is 0.320. The van der Waals surface area contributed by atoms with Gasteiger partial charge in [-0.05, 0) is 42.9 Å². The summed E-state index contributed by atoms with van der Waals surface area (Å²) in [5.74, 6) is 0.459. The first-order valence-electron chi connectivity index (χ1n) is 9.99. The molecule has 1 fully saturated rings. The van der Waals surface area contributed by atoms with Crippen molar-refractivity contribution in [3.63, 3.8) is 0 Å². The first kappa shape index (κ1) is 19.2. The van der Waals surface area contributed by atoms with E-state index >= 15 is 0 Å². The highest BCUT2D eigenvalue weighted by molar-refractivity contribution is 6.03. The van der Waals surface area contributed by atoms with E-state index in [0.29, 0.717) is 12.4 Å². The molecule has 0 spiro atoms. The van der Waals surface area contributed by atoms with Crippen LogP contribution in [0.3, 0.4) is 0 Å². The molecule has 1 heterocycles. The van der Waals surface area contributed by atoms with Gasteiger partial charge in [-0.15, -0.1) is 0 Å². The van der Waals surface area contributed by atoms with Crippen LogP contribution in [-0.4, -0.2) is 24.9 Å². The molecule has 0 saturated heterocycles. The predicted octanol–water partition coefficient (Wildman–Crippen LogP) is 5.08. The highest BCUT2D eigenvalue weighted by Crippen LogP contribution is 2.49. The van der Waals surface area contributed by atoms with Gasteiger partial charge in [0.1, 0.15) is 11.3 Å². The SMILES string of the molecule is CCOC(=O)CO/N=C(\c1cc2ccccc2o1)C1CC(C)(c2ccccc2)C1. The van der Waals surface area contributed by atoms with Crippen molar-refractivity contribution in [1.82, 2.24) is 0 Å². The Morgan fingerprint density at radius 1 is 1.14 bits per heavy atom. The van der Waals surface area contributed by atoms with Crippen molar-refractivity contribution < 1.29 is 18.8 Å². The summed E-state index contributed by atoms with van der Waals surface area (Å²) in [5.41, 5.74) is 2.98. The maximum atomic E-state index is 11.6. The fourth-order valence-electron chi connectivity index (χ4n) is 4.08. The van der Waals surface area contributed by atoms with Gasteiger partial charge in [0.25, 0.3) is 0 Å². The van der Waals surface area contributed by atoms with Gasteiger partial charge >= 0.3 is 5.97 Å².